The molecule has 0 aliphatic heterocycles. The van der Waals surface area contributed by atoms with Gasteiger partial charge in [-0.2, -0.15) is 0 Å². The summed E-state index contributed by atoms with van der Waals surface area (Å²) < 4.78 is 0. The molecule has 0 radical (unpaired) electrons. The van der Waals surface area contributed by atoms with Gasteiger partial charge in [0.2, 0.25) is 0 Å². The standard InChI is InChI=1S/C14H28O/c1-5-12(6-2)9-13(7-3)10-14(8-4)11-15/h11-14H,5-10H2,1-4H3. The molecular weight excluding hydrogens is 184 g/mol. The lowest BCUT2D eigenvalue weighted by Crippen LogP contribution is -2.13. The molecule has 1 nitrogen and oxygen atoms in total. The summed E-state index contributed by atoms with van der Waals surface area (Å²) in [5.74, 6) is 1.91. The lowest BCUT2D eigenvalue weighted by atomic mass is 9.83. The molecule has 1 heteroatoms. The van der Waals surface area contributed by atoms with Gasteiger partial charge in [-0.05, 0) is 31.1 Å². The lowest BCUT2D eigenvalue weighted by molar-refractivity contribution is -0.111. The highest BCUT2D eigenvalue weighted by atomic mass is 16.1. The average Bonchev–Trinajstić information content (AvgIpc) is 2.30. The quantitative estimate of drug-likeness (QED) is 0.516. The Labute approximate surface area is 95.6 Å². The molecule has 0 heterocycles. The number of aldehydes is 1. The molecule has 0 aromatic rings. The Hall–Kier alpha value is -0.330. The molecule has 0 aromatic heterocycles. The van der Waals surface area contributed by atoms with Crippen LogP contribution >= 0.6 is 0 Å². The smallest absolute Gasteiger partial charge is 0.123 e. The van der Waals surface area contributed by atoms with E-state index in [0.29, 0.717) is 5.92 Å². The summed E-state index contributed by atoms with van der Waals surface area (Å²) in [6.45, 7) is 8.92. The zero-order chi connectivity index (χ0) is 11.7. The largest absolute Gasteiger partial charge is 0.303 e. The molecular formula is C14H28O. The molecule has 0 bridgehead atoms. The molecule has 0 saturated heterocycles. The topological polar surface area (TPSA) is 17.1 Å². The average molecular weight is 212 g/mol. The predicted octanol–water partition coefficient (Wildman–Crippen LogP) is 4.45. The zero-order valence-electron chi connectivity index (χ0n) is 11.0. The molecule has 0 aliphatic carbocycles. The van der Waals surface area contributed by atoms with Crippen molar-refractivity contribution in [3.8, 4) is 0 Å². The van der Waals surface area contributed by atoms with Crippen molar-refractivity contribution < 1.29 is 4.79 Å². The van der Waals surface area contributed by atoms with Crippen LogP contribution in [-0.2, 0) is 4.79 Å². The second-order valence-electron chi connectivity index (χ2n) is 4.73. The van der Waals surface area contributed by atoms with Gasteiger partial charge < -0.3 is 4.79 Å². The molecule has 0 saturated carbocycles. The van der Waals surface area contributed by atoms with Crippen LogP contribution < -0.4 is 0 Å². The van der Waals surface area contributed by atoms with Crippen LogP contribution in [0.15, 0.2) is 0 Å². The predicted molar refractivity (Wildman–Crippen MR) is 66.9 cm³/mol. The molecule has 0 aromatic carbocycles. The summed E-state index contributed by atoms with van der Waals surface area (Å²) in [7, 11) is 0. The van der Waals surface area contributed by atoms with E-state index in [1.165, 1.54) is 25.7 Å². The van der Waals surface area contributed by atoms with Crippen LogP contribution in [0.5, 0.6) is 0 Å². The van der Waals surface area contributed by atoms with E-state index >= 15 is 0 Å². The molecule has 15 heavy (non-hydrogen) atoms. The van der Waals surface area contributed by atoms with Crippen molar-refractivity contribution in [1.29, 1.82) is 0 Å². The first-order chi connectivity index (χ1) is 7.21. The van der Waals surface area contributed by atoms with Crippen molar-refractivity contribution >= 4 is 6.29 Å². The van der Waals surface area contributed by atoms with Crippen LogP contribution in [0.25, 0.3) is 0 Å². The van der Waals surface area contributed by atoms with Crippen LogP contribution in [0.4, 0.5) is 0 Å². The lowest BCUT2D eigenvalue weighted by Gasteiger charge is -2.22. The SMILES string of the molecule is CCC(C=O)CC(CC)CC(CC)CC. The van der Waals surface area contributed by atoms with Crippen molar-refractivity contribution in [3.63, 3.8) is 0 Å². The number of hydrogen-bond acceptors (Lipinski definition) is 1. The zero-order valence-corrected chi connectivity index (χ0v) is 11.0. The molecule has 0 amide bonds. The third-order valence-electron chi connectivity index (χ3n) is 3.75. The molecule has 0 rings (SSSR count). The van der Waals surface area contributed by atoms with E-state index in [1.54, 1.807) is 0 Å². The summed E-state index contributed by atoms with van der Waals surface area (Å²) >= 11 is 0. The van der Waals surface area contributed by atoms with Gasteiger partial charge in [-0.3, -0.25) is 0 Å². The van der Waals surface area contributed by atoms with E-state index in [4.69, 9.17) is 0 Å². The Morgan fingerprint density at radius 1 is 0.800 bits per heavy atom. The maximum Gasteiger partial charge on any atom is 0.123 e. The molecule has 0 spiro atoms. The Morgan fingerprint density at radius 2 is 1.33 bits per heavy atom. The third-order valence-corrected chi connectivity index (χ3v) is 3.75. The highest BCUT2D eigenvalue weighted by molar-refractivity contribution is 5.53. The number of carbonyl (C=O) groups is 1. The number of rotatable bonds is 9. The van der Waals surface area contributed by atoms with Crippen molar-refractivity contribution in [2.24, 2.45) is 17.8 Å². The molecule has 90 valence electrons. The highest BCUT2D eigenvalue weighted by Gasteiger charge is 2.16. The third kappa shape index (κ3) is 5.96. The molecule has 2 atom stereocenters. The number of carbonyl (C=O) groups excluding carboxylic acids is 1. The van der Waals surface area contributed by atoms with E-state index in [2.05, 4.69) is 27.7 Å². The fraction of sp³-hybridized carbons (Fsp3) is 0.929. The van der Waals surface area contributed by atoms with Crippen molar-refractivity contribution in [2.75, 3.05) is 0 Å². The summed E-state index contributed by atoms with van der Waals surface area (Å²) in [4.78, 5) is 10.8. The van der Waals surface area contributed by atoms with Gasteiger partial charge in [0.25, 0.3) is 0 Å². The van der Waals surface area contributed by atoms with E-state index in [9.17, 15) is 4.79 Å². The maximum absolute atomic E-state index is 10.8. The Morgan fingerprint density at radius 3 is 1.67 bits per heavy atom. The van der Waals surface area contributed by atoms with E-state index < -0.39 is 0 Å². The molecule has 2 unspecified atom stereocenters. The van der Waals surface area contributed by atoms with Crippen molar-refractivity contribution in [1.82, 2.24) is 0 Å². The second-order valence-corrected chi connectivity index (χ2v) is 4.73. The minimum Gasteiger partial charge on any atom is -0.303 e. The van der Waals surface area contributed by atoms with Gasteiger partial charge in [0, 0.05) is 5.92 Å². The van der Waals surface area contributed by atoms with Gasteiger partial charge >= 0.3 is 0 Å². The van der Waals surface area contributed by atoms with Crippen LogP contribution in [0, 0.1) is 17.8 Å². The first kappa shape index (κ1) is 14.7. The number of hydrogen-bond donors (Lipinski definition) is 0. The summed E-state index contributed by atoms with van der Waals surface area (Å²) in [5, 5.41) is 0. The van der Waals surface area contributed by atoms with E-state index in [-0.39, 0.29) is 0 Å². The van der Waals surface area contributed by atoms with E-state index in [0.717, 1.165) is 31.0 Å². The monoisotopic (exact) mass is 212 g/mol. The van der Waals surface area contributed by atoms with Crippen molar-refractivity contribution in [3.05, 3.63) is 0 Å². The van der Waals surface area contributed by atoms with E-state index in [1.807, 2.05) is 0 Å². The van der Waals surface area contributed by atoms with Crippen LogP contribution in [-0.4, -0.2) is 6.29 Å². The second kappa shape index (κ2) is 8.94. The van der Waals surface area contributed by atoms with Crippen LogP contribution in [0.2, 0.25) is 0 Å². The van der Waals surface area contributed by atoms with Gasteiger partial charge in [-0.1, -0.05) is 47.0 Å². The van der Waals surface area contributed by atoms with Gasteiger partial charge in [-0.25, -0.2) is 0 Å². The van der Waals surface area contributed by atoms with Gasteiger partial charge in [0.1, 0.15) is 6.29 Å². The maximum atomic E-state index is 10.8. The fourth-order valence-corrected chi connectivity index (χ4v) is 2.27. The summed E-state index contributed by atoms with van der Waals surface area (Å²) in [6.07, 6.45) is 8.36. The Kier molecular flexibility index (Phi) is 8.74. The van der Waals surface area contributed by atoms with Gasteiger partial charge in [0.05, 0.1) is 0 Å². The highest BCUT2D eigenvalue weighted by Crippen LogP contribution is 2.26. The van der Waals surface area contributed by atoms with Crippen LogP contribution in [0.3, 0.4) is 0 Å². The first-order valence-corrected chi connectivity index (χ1v) is 6.66. The molecule has 0 aliphatic rings. The summed E-state index contributed by atoms with van der Waals surface area (Å²) in [5.41, 5.74) is 0. The Bertz CT molecular complexity index is 149. The van der Waals surface area contributed by atoms with Gasteiger partial charge in [-0.15, -0.1) is 0 Å². The first-order valence-electron chi connectivity index (χ1n) is 6.66. The van der Waals surface area contributed by atoms with Crippen LogP contribution in [0.1, 0.15) is 66.2 Å². The van der Waals surface area contributed by atoms with Gasteiger partial charge in [0.15, 0.2) is 0 Å². The normalized spacial score (nSPS) is 15.3. The molecule has 0 N–H and O–H groups in total. The fourth-order valence-electron chi connectivity index (χ4n) is 2.27. The summed E-state index contributed by atoms with van der Waals surface area (Å²) in [6, 6.07) is 0. The molecule has 0 fully saturated rings. The minimum atomic E-state index is 0.296. The minimum absolute atomic E-state index is 0.296. The van der Waals surface area contributed by atoms with Crippen molar-refractivity contribution in [2.45, 2.75) is 66.2 Å². The Balaban J connectivity index is 4.05.